The van der Waals surface area contributed by atoms with Crippen molar-refractivity contribution in [2.45, 2.75) is 13.8 Å². The van der Waals surface area contributed by atoms with E-state index < -0.39 is 0 Å². The van der Waals surface area contributed by atoms with Gasteiger partial charge in [-0.25, -0.2) is 0 Å². The number of carbonyl (C=O) groups is 3. The molecule has 0 atom stereocenters. The van der Waals surface area contributed by atoms with E-state index in [0.717, 1.165) is 28.6 Å². The van der Waals surface area contributed by atoms with Crippen LogP contribution in [0.25, 0.3) is 6.08 Å². The van der Waals surface area contributed by atoms with Gasteiger partial charge in [0.15, 0.2) is 6.61 Å². The Kier molecular flexibility index (Phi) is 9.14. The Bertz CT molecular complexity index is 1410. The van der Waals surface area contributed by atoms with Gasteiger partial charge in [0.2, 0.25) is 0 Å². The monoisotopic (exact) mass is 614 g/mol. The van der Waals surface area contributed by atoms with Gasteiger partial charge in [-0.2, -0.15) is 0 Å². The number of thioether (sulfide) groups is 1. The maximum atomic E-state index is 12.9. The van der Waals surface area contributed by atoms with Crippen molar-refractivity contribution >= 4 is 68.1 Å². The second kappa shape index (κ2) is 12.5. The molecule has 1 aliphatic rings. The number of amides is 3. The highest BCUT2D eigenvalue weighted by Crippen LogP contribution is 2.34. The summed E-state index contributed by atoms with van der Waals surface area (Å²) in [5, 5.41) is 2.97. The number of ether oxygens (including phenoxy) is 2. The molecule has 0 spiro atoms. The highest BCUT2D eigenvalue weighted by molar-refractivity contribution is 9.10. The Morgan fingerprint density at radius 2 is 1.79 bits per heavy atom. The van der Waals surface area contributed by atoms with Gasteiger partial charge in [-0.15, -0.1) is 0 Å². The lowest BCUT2D eigenvalue weighted by atomic mass is 10.1. The summed E-state index contributed by atoms with van der Waals surface area (Å²) in [6, 6.07) is 17.9. The van der Waals surface area contributed by atoms with E-state index in [4.69, 9.17) is 21.1 Å². The summed E-state index contributed by atoms with van der Waals surface area (Å²) in [6.07, 6.45) is 1.65. The average molecular weight is 616 g/mol. The molecule has 1 heterocycles. The van der Waals surface area contributed by atoms with E-state index in [-0.39, 0.29) is 36.8 Å². The second-order valence-corrected chi connectivity index (χ2v) is 10.8. The maximum absolute atomic E-state index is 12.9. The highest BCUT2D eigenvalue weighted by atomic mass is 79.9. The Morgan fingerprint density at radius 1 is 1.03 bits per heavy atom. The molecule has 1 fully saturated rings. The summed E-state index contributed by atoms with van der Waals surface area (Å²) in [4.78, 5) is 39.0. The van der Waals surface area contributed by atoms with Crippen molar-refractivity contribution in [2.75, 3.05) is 25.1 Å². The van der Waals surface area contributed by atoms with Gasteiger partial charge in [-0.05, 0) is 107 Å². The molecule has 7 nitrogen and oxygen atoms in total. The predicted octanol–water partition coefficient (Wildman–Crippen LogP) is 6.85. The Morgan fingerprint density at radius 3 is 2.53 bits per heavy atom. The molecule has 1 aliphatic heterocycles. The van der Waals surface area contributed by atoms with E-state index in [1.165, 1.54) is 4.90 Å². The van der Waals surface area contributed by atoms with Crippen LogP contribution in [-0.4, -0.2) is 41.7 Å². The standard InChI is InChI=1S/C28H24BrClN2O5S/c1-17-3-4-18(2)24(13-17)36-12-11-32-27(34)25(38-28(32)35)15-19-5-10-23(22(29)14-19)37-16-26(33)31-21-8-6-20(30)7-9-21/h3-10,13-15H,11-12,16H2,1-2H3,(H,31,33)/b25-15-. The first-order valence-corrected chi connectivity index (χ1v) is 13.6. The fraction of sp³-hybridized carbons (Fsp3) is 0.179. The number of nitrogens with one attached hydrogen (secondary N) is 1. The largest absolute Gasteiger partial charge is 0.491 e. The summed E-state index contributed by atoms with van der Waals surface area (Å²) in [5.41, 5.74) is 3.38. The van der Waals surface area contributed by atoms with Crippen LogP contribution < -0.4 is 14.8 Å². The van der Waals surface area contributed by atoms with Crippen LogP contribution in [0.1, 0.15) is 16.7 Å². The smallest absolute Gasteiger partial charge is 0.293 e. The van der Waals surface area contributed by atoms with Crippen LogP contribution >= 0.6 is 39.3 Å². The van der Waals surface area contributed by atoms with E-state index in [1.807, 2.05) is 32.0 Å². The molecule has 0 saturated carbocycles. The Hall–Kier alpha value is -3.27. The first kappa shape index (κ1) is 27.8. The third-order valence-electron chi connectivity index (χ3n) is 5.53. The third kappa shape index (κ3) is 7.18. The number of halogens is 2. The molecule has 1 saturated heterocycles. The Balaban J connectivity index is 1.32. The maximum Gasteiger partial charge on any atom is 0.293 e. The second-order valence-electron chi connectivity index (χ2n) is 8.48. The van der Waals surface area contributed by atoms with Crippen molar-refractivity contribution in [1.29, 1.82) is 0 Å². The van der Waals surface area contributed by atoms with E-state index in [0.29, 0.717) is 31.4 Å². The number of rotatable bonds is 9. The van der Waals surface area contributed by atoms with Gasteiger partial charge >= 0.3 is 0 Å². The zero-order chi connectivity index (χ0) is 27.2. The average Bonchev–Trinajstić information content (AvgIpc) is 3.14. The molecule has 0 aliphatic carbocycles. The van der Waals surface area contributed by atoms with E-state index in [2.05, 4.69) is 21.2 Å². The fourth-order valence-electron chi connectivity index (χ4n) is 3.55. The number of hydrogen-bond acceptors (Lipinski definition) is 6. The zero-order valence-electron chi connectivity index (χ0n) is 20.6. The van der Waals surface area contributed by atoms with Crippen LogP contribution in [0.2, 0.25) is 5.02 Å². The number of anilines is 1. The van der Waals surface area contributed by atoms with Crippen molar-refractivity contribution in [3.8, 4) is 11.5 Å². The van der Waals surface area contributed by atoms with Gasteiger partial charge in [0.05, 0.1) is 15.9 Å². The molecule has 1 N–H and O–H groups in total. The summed E-state index contributed by atoms with van der Waals surface area (Å²) in [6.45, 7) is 4.10. The molecule has 0 radical (unpaired) electrons. The molecule has 0 unspecified atom stereocenters. The third-order valence-corrected chi connectivity index (χ3v) is 7.31. The van der Waals surface area contributed by atoms with Gasteiger partial charge in [0.1, 0.15) is 18.1 Å². The van der Waals surface area contributed by atoms with E-state index >= 15 is 0 Å². The summed E-state index contributed by atoms with van der Waals surface area (Å²) >= 11 is 10.2. The Labute approximate surface area is 238 Å². The topological polar surface area (TPSA) is 84.9 Å². The van der Waals surface area contributed by atoms with Gasteiger partial charge in [-0.1, -0.05) is 29.8 Å². The van der Waals surface area contributed by atoms with E-state index in [1.54, 1.807) is 48.5 Å². The zero-order valence-corrected chi connectivity index (χ0v) is 23.8. The quantitative estimate of drug-likeness (QED) is 0.265. The number of nitrogens with zero attached hydrogens (tertiary/aromatic N) is 1. The van der Waals surface area contributed by atoms with Crippen molar-refractivity contribution in [3.05, 3.63) is 91.8 Å². The molecule has 38 heavy (non-hydrogen) atoms. The van der Waals surface area contributed by atoms with Crippen molar-refractivity contribution < 1.29 is 23.9 Å². The van der Waals surface area contributed by atoms with Gasteiger partial charge < -0.3 is 14.8 Å². The van der Waals surface area contributed by atoms with Crippen molar-refractivity contribution in [3.63, 3.8) is 0 Å². The lowest BCUT2D eigenvalue weighted by Gasteiger charge is -2.14. The minimum Gasteiger partial charge on any atom is -0.491 e. The lowest BCUT2D eigenvalue weighted by molar-refractivity contribution is -0.123. The van der Waals surface area contributed by atoms with Crippen LogP contribution in [0.4, 0.5) is 10.5 Å². The van der Waals surface area contributed by atoms with Gasteiger partial charge in [0.25, 0.3) is 17.1 Å². The summed E-state index contributed by atoms with van der Waals surface area (Å²) in [7, 11) is 0. The molecule has 4 rings (SSSR count). The molecule has 0 aromatic heterocycles. The first-order valence-electron chi connectivity index (χ1n) is 11.6. The van der Waals surface area contributed by atoms with Crippen molar-refractivity contribution in [1.82, 2.24) is 4.90 Å². The molecule has 0 bridgehead atoms. The number of hydrogen-bond donors (Lipinski definition) is 1. The number of imide groups is 1. The number of benzene rings is 3. The van der Waals surface area contributed by atoms with Crippen LogP contribution in [0, 0.1) is 13.8 Å². The van der Waals surface area contributed by atoms with Gasteiger partial charge in [0, 0.05) is 10.7 Å². The molecule has 10 heteroatoms. The molecule has 3 amide bonds. The molecular weight excluding hydrogens is 592 g/mol. The summed E-state index contributed by atoms with van der Waals surface area (Å²) < 4.78 is 12.0. The number of carbonyl (C=O) groups excluding carboxylic acids is 3. The molecular formula is C28H24BrClN2O5S. The van der Waals surface area contributed by atoms with E-state index in [9.17, 15) is 14.4 Å². The normalized spacial score (nSPS) is 14.2. The van der Waals surface area contributed by atoms with Crippen molar-refractivity contribution in [2.24, 2.45) is 0 Å². The van der Waals surface area contributed by atoms with Crippen LogP contribution in [0.5, 0.6) is 11.5 Å². The number of aryl methyl sites for hydroxylation is 2. The van der Waals surface area contributed by atoms with Crippen LogP contribution in [-0.2, 0) is 9.59 Å². The summed E-state index contributed by atoms with van der Waals surface area (Å²) in [5.74, 6) is 0.519. The predicted molar refractivity (Wildman–Crippen MR) is 154 cm³/mol. The SMILES string of the molecule is Cc1ccc(C)c(OCCN2C(=O)S/C(=C\c3ccc(OCC(=O)Nc4ccc(Cl)cc4)c(Br)c3)C2=O)c1. The van der Waals surface area contributed by atoms with Crippen LogP contribution in [0.3, 0.4) is 0 Å². The first-order chi connectivity index (χ1) is 18.2. The lowest BCUT2D eigenvalue weighted by Crippen LogP contribution is -2.32. The van der Waals surface area contributed by atoms with Gasteiger partial charge in [-0.3, -0.25) is 19.3 Å². The fourth-order valence-corrected chi connectivity index (χ4v) is 5.05. The minimum absolute atomic E-state index is 0.157. The van der Waals surface area contributed by atoms with Crippen LogP contribution in [0.15, 0.2) is 70.0 Å². The molecule has 3 aromatic carbocycles. The minimum atomic E-state index is -0.361. The molecule has 3 aromatic rings. The molecule has 196 valence electrons. The highest BCUT2D eigenvalue weighted by Gasteiger charge is 2.34.